The molecule has 0 aliphatic carbocycles. The highest BCUT2D eigenvalue weighted by molar-refractivity contribution is 9.10. The van der Waals surface area contributed by atoms with Crippen LogP contribution in [0.5, 0.6) is 0 Å². The molecule has 0 saturated heterocycles. The van der Waals surface area contributed by atoms with Crippen molar-refractivity contribution >= 4 is 39.5 Å². The molecule has 0 fully saturated rings. The number of ether oxygens (including phenoxy) is 2. The van der Waals surface area contributed by atoms with E-state index in [1.165, 1.54) is 44.6 Å². The Labute approximate surface area is 151 Å². The van der Waals surface area contributed by atoms with E-state index in [9.17, 15) is 18.8 Å². The van der Waals surface area contributed by atoms with Crippen LogP contribution in [0.15, 0.2) is 40.9 Å². The number of carbonyl (C=O) groups is 3. The predicted octanol–water partition coefficient (Wildman–Crippen LogP) is 3.41. The number of anilines is 1. The largest absolute Gasteiger partial charge is 0.465 e. The van der Waals surface area contributed by atoms with Crippen LogP contribution in [0, 0.1) is 5.82 Å². The molecule has 0 aliphatic heterocycles. The highest BCUT2D eigenvalue weighted by Gasteiger charge is 2.19. The Morgan fingerprint density at radius 1 is 0.960 bits per heavy atom. The van der Waals surface area contributed by atoms with Crippen molar-refractivity contribution in [2.24, 2.45) is 0 Å². The third-order valence-electron chi connectivity index (χ3n) is 3.27. The fraction of sp³-hybridized carbons (Fsp3) is 0.118. The minimum Gasteiger partial charge on any atom is -0.465 e. The van der Waals surface area contributed by atoms with Crippen molar-refractivity contribution in [3.8, 4) is 0 Å². The molecular formula is C17H13BrFNO5. The maximum absolute atomic E-state index is 13.4. The van der Waals surface area contributed by atoms with Gasteiger partial charge in [0.1, 0.15) is 5.82 Å². The zero-order valence-electron chi connectivity index (χ0n) is 13.3. The van der Waals surface area contributed by atoms with E-state index in [0.717, 1.165) is 6.07 Å². The van der Waals surface area contributed by atoms with Crippen LogP contribution in [0.2, 0.25) is 0 Å². The van der Waals surface area contributed by atoms with Gasteiger partial charge in [-0.25, -0.2) is 14.0 Å². The van der Waals surface area contributed by atoms with E-state index in [2.05, 4.69) is 30.7 Å². The third-order valence-corrected chi connectivity index (χ3v) is 3.96. The Morgan fingerprint density at radius 3 is 2.28 bits per heavy atom. The van der Waals surface area contributed by atoms with Crippen molar-refractivity contribution in [3.63, 3.8) is 0 Å². The molecule has 0 aromatic heterocycles. The highest BCUT2D eigenvalue weighted by atomic mass is 79.9. The molecule has 0 saturated carbocycles. The molecule has 8 heteroatoms. The minimum absolute atomic E-state index is 0.0271. The van der Waals surface area contributed by atoms with Crippen molar-refractivity contribution in [2.75, 3.05) is 19.5 Å². The van der Waals surface area contributed by atoms with Crippen LogP contribution in [0.3, 0.4) is 0 Å². The van der Waals surface area contributed by atoms with Crippen molar-refractivity contribution in [1.29, 1.82) is 0 Å². The van der Waals surface area contributed by atoms with Crippen LogP contribution in [-0.2, 0) is 9.47 Å². The number of esters is 2. The maximum atomic E-state index is 13.4. The lowest BCUT2D eigenvalue weighted by Gasteiger charge is -2.12. The normalized spacial score (nSPS) is 10.1. The molecular weight excluding hydrogens is 397 g/mol. The SMILES string of the molecule is COC(=O)c1ccc(C(=O)OC)c(NC(=O)c2cc(F)ccc2Br)c1. The third kappa shape index (κ3) is 4.21. The van der Waals surface area contributed by atoms with Gasteiger partial charge in [-0.05, 0) is 52.3 Å². The summed E-state index contributed by atoms with van der Waals surface area (Å²) in [5, 5.41) is 2.49. The van der Waals surface area contributed by atoms with E-state index in [1.807, 2.05) is 0 Å². The molecule has 0 unspecified atom stereocenters. The molecule has 1 N–H and O–H groups in total. The van der Waals surface area contributed by atoms with Gasteiger partial charge in [0.15, 0.2) is 0 Å². The quantitative estimate of drug-likeness (QED) is 0.782. The summed E-state index contributed by atoms with van der Waals surface area (Å²) in [6.07, 6.45) is 0. The number of amides is 1. The molecule has 6 nitrogen and oxygen atoms in total. The van der Waals surface area contributed by atoms with Crippen LogP contribution in [0.1, 0.15) is 31.1 Å². The molecule has 0 atom stereocenters. The molecule has 2 aromatic rings. The molecule has 130 valence electrons. The predicted molar refractivity (Wildman–Crippen MR) is 91.2 cm³/mol. The van der Waals surface area contributed by atoms with E-state index in [1.54, 1.807) is 0 Å². The molecule has 0 radical (unpaired) electrons. The zero-order valence-corrected chi connectivity index (χ0v) is 14.8. The Bertz CT molecular complexity index is 853. The fourth-order valence-electron chi connectivity index (χ4n) is 2.04. The van der Waals surface area contributed by atoms with Gasteiger partial charge in [-0.3, -0.25) is 4.79 Å². The average molecular weight is 410 g/mol. The number of rotatable bonds is 4. The summed E-state index contributed by atoms with van der Waals surface area (Å²) in [7, 11) is 2.39. The highest BCUT2D eigenvalue weighted by Crippen LogP contribution is 2.23. The Balaban J connectivity index is 2.44. The molecule has 0 spiro atoms. The Morgan fingerprint density at radius 2 is 1.64 bits per heavy atom. The standard InChI is InChI=1S/C17H13BrFNO5/c1-24-16(22)9-3-5-11(17(23)25-2)14(7-9)20-15(21)12-8-10(19)4-6-13(12)18/h3-8H,1-2H3,(H,20,21). The van der Waals surface area contributed by atoms with Gasteiger partial charge in [0.05, 0.1) is 36.6 Å². The van der Waals surface area contributed by atoms with Crippen LogP contribution in [0.4, 0.5) is 10.1 Å². The summed E-state index contributed by atoms with van der Waals surface area (Å²) >= 11 is 3.16. The maximum Gasteiger partial charge on any atom is 0.339 e. The van der Waals surface area contributed by atoms with Crippen LogP contribution >= 0.6 is 15.9 Å². The second-order valence-electron chi connectivity index (χ2n) is 4.82. The summed E-state index contributed by atoms with van der Waals surface area (Å²) in [4.78, 5) is 36.0. The molecule has 1 amide bonds. The first kappa shape index (κ1) is 18.6. The lowest BCUT2D eigenvalue weighted by atomic mass is 10.1. The monoisotopic (exact) mass is 409 g/mol. The first-order chi connectivity index (χ1) is 11.9. The number of nitrogens with one attached hydrogen (secondary N) is 1. The van der Waals surface area contributed by atoms with Gasteiger partial charge in [-0.1, -0.05) is 0 Å². The van der Waals surface area contributed by atoms with E-state index < -0.39 is 23.7 Å². The fourth-order valence-corrected chi connectivity index (χ4v) is 2.47. The summed E-state index contributed by atoms with van der Waals surface area (Å²) in [5.74, 6) is -2.60. The number of halogens is 2. The summed E-state index contributed by atoms with van der Waals surface area (Å²) in [6.45, 7) is 0. The molecule has 0 heterocycles. The van der Waals surface area contributed by atoms with Crippen LogP contribution in [-0.4, -0.2) is 32.1 Å². The van der Waals surface area contributed by atoms with E-state index >= 15 is 0 Å². The number of methoxy groups -OCH3 is 2. The van der Waals surface area contributed by atoms with E-state index in [-0.39, 0.29) is 22.4 Å². The lowest BCUT2D eigenvalue weighted by Crippen LogP contribution is -2.17. The molecule has 25 heavy (non-hydrogen) atoms. The van der Waals surface area contributed by atoms with Gasteiger partial charge in [-0.2, -0.15) is 0 Å². The van der Waals surface area contributed by atoms with E-state index in [4.69, 9.17) is 0 Å². The Kier molecular flexibility index (Phi) is 5.87. The number of benzene rings is 2. The second kappa shape index (κ2) is 7.89. The summed E-state index contributed by atoms with van der Waals surface area (Å²) in [6, 6.07) is 7.60. The Hall–Kier alpha value is -2.74. The zero-order chi connectivity index (χ0) is 18.6. The summed E-state index contributed by atoms with van der Waals surface area (Å²) in [5.41, 5.74) is 0.231. The molecule has 0 bridgehead atoms. The lowest BCUT2D eigenvalue weighted by molar-refractivity contribution is 0.0587. The van der Waals surface area contributed by atoms with Crippen molar-refractivity contribution in [1.82, 2.24) is 0 Å². The van der Waals surface area contributed by atoms with Gasteiger partial charge >= 0.3 is 11.9 Å². The van der Waals surface area contributed by atoms with Gasteiger partial charge < -0.3 is 14.8 Å². The molecule has 2 rings (SSSR count). The van der Waals surface area contributed by atoms with Crippen molar-refractivity contribution < 1.29 is 28.2 Å². The first-order valence-corrected chi connectivity index (χ1v) is 7.73. The molecule has 2 aromatic carbocycles. The van der Waals surface area contributed by atoms with Crippen molar-refractivity contribution in [2.45, 2.75) is 0 Å². The summed E-state index contributed by atoms with van der Waals surface area (Å²) < 4.78 is 23.0. The number of hydrogen-bond donors (Lipinski definition) is 1. The van der Waals surface area contributed by atoms with Gasteiger partial charge in [0.2, 0.25) is 0 Å². The first-order valence-electron chi connectivity index (χ1n) is 6.94. The molecule has 0 aliphatic rings. The van der Waals surface area contributed by atoms with Gasteiger partial charge in [0, 0.05) is 4.47 Å². The smallest absolute Gasteiger partial charge is 0.339 e. The average Bonchev–Trinajstić information content (AvgIpc) is 2.62. The topological polar surface area (TPSA) is 81.7 Å². The van der Waals surface area contributed by atoms with Crippen LogP contribution in [0.25, 0.3) is 0 Å². The minimum atomic E-state index is -0.704. The second-order valence-corrected chi connectivity index (χ2v) is 5.68. The van der Waals surface area contributed by atoms with Crippen molar-refractivity contribution in [3.05, 3.63) is 63.4 Å². The van der Waals surface area contributed by atoms with Gasteiger partial charge in [0.25, 0.3) is 5.91 Å². The van der Waals surface area contributed by atoms with Crippen LogP contribution < -0.4 is 5.32 Å². The van der Waals surface area contributed by atoms with E-state index in [0.29, 0.717) is 4.47 Å². The number of carbonyl (C=O) groups excluding carboxylic acids is 3. The number of hydrogen-bond acceptors (Lipinski definition) is 5. The van der Waals surface area contributed by atoms with Gasteiger partial charge in [-0.15, -0.1) is 0 Å².